The zero-order valence-electron chi connectivity index (χ0n) is 12.8. The first-order valence-electron chi connectivity index (χ1n) is 7.56. The molecular weight excluding hydrogens is 298 g/mol. The summed E-state index contributed by atoms with van der Waals surface area (Å²) in [6.07, 6.45) is -0.655. The second-order valence-electron chi connectivity index (χ2n) is 5.49. The van der Waals surface area contributed by atoms with Gasteiger partial charge in [-0.2, -0.15) is 0 Å². The van der Waals surface area contributed by atoms with Gasteiger partial charge in [-0.1, -0.05) is 6.07 Å². The number of aliphatic hydroxyl groups is 1. The summed E-state index contributed by atoms with van der Waals surface area (Å²) in [7, 11) is 0. The Kier molecular flexibility index (Phi) is 3.28. The second-order valence-corrected chi connectivity index (χ2v) is 5.49. The number of ether oxygens (including phenoxy) is 2. The summed E-state index contributed by atoms with van der Waals surface area (Å²) in [5, 5.41) is 15.6. The molecule has 1 aromatic carbocycles. The van der Waals surface area contributed by atoms with Gasteiger partial charge in [0.25, 0.3) is 5.52 Å². The minimum atomic E-state index is -0.655. The number of nitrogens with two attached hydrogens (primary N) is 1. The quantitative estimate of drug-likeness (QED) is 0.670. The third kappa shape index (κ3) is 2.18. The standard InChI is InChI=1S/C15H17N5O3/c1-2-22-8-20-18-13-14-12-10(17-15(13)16)4-3-5-11(12)23-7-9(21)6-19(14)20/h3-5,9,16,21H,2,6-8H2,1H3/p+1/t9-/m0/s1. The highest BCUT2D eigenvalue weighted by molar-refractivity contribution is 6.07. The summed E-state index contributed by atoms with van der Waals surface area (Å²) >= 11 is 0. The SMILES string of the molecule is CCOCn1nc2c(N)nc3cccc4c3c2[n+]1C[C@H](O)CO4. The summed E-state index contributed by atoms with van der Waals surface area (Å²) in [6, 6.07) is 5.61. The van der Waals surface area contributed by atoms with Gasteiger partial charge in [-0.3, -0.25) is 0 Å². The number of pyridine rings is 1. The molecule has 0 saturated heterocycles. The number of aliphatic hydroxyl groups excluding tert-OH is 1. The summed E-state index contributed by atoms with van der Waals surface area (Å²) in [5.41, 5.74) is 8.22. The first kappa shape index (κ1) is 14.2. The van der Waals surface area contributed by atoms with Gasteiger partial charge in [0.15, 0.2) is 12.5 Å². The Morgan fingerprint density at radius 3 is 3.22 bits per heavy atom. The Morgan fingerprint density at radius 1 is 1.52 bits per heavy atom. The third-order valence-corrected chi connectivity index (χ3v) is 3.93. The molecule has 1 aliphatic heterocycles. The molecule has 23 heavy (non-hydrogen) atoms. The number of anilines is 1. The third-order valence-electron chi connectivity index (χ3n) is 3.93. The molecular formula is C15H18N5O3+. The van der Waals surface area contributed by atoms with Crippen LogP contribution in [0.3, 0.4) is 0 Å². The van der Waals surface area contributed by atoms with Crippen molar-refractivity contribution in [3.8, 4) is 5.75 Å². The van der Waals surface area contributed by atoms with Crippen LogP contribution in [0.15, 0.2) is 18.2 Å². The van der Waals surface area contributed by atoms with E-state index >= 15 is 0 Å². The van der Waals surface area contributed by atoms with E-state index in [2.05, 4.69) is 10.1 Å². The molecule has 3 aromatic rings. The highest BCUT2D eigenvalue weighted by Crippen LogP contribution is 2.32. The zero-order valence-corrected chi connectivity index (χ0v) is 12.8. The summed E-state index contributed by atoms with van der Waals surface area (Å²) < 4.78 is 13.1. The number of nitrogens with zero attached hydrogens (tertiary/aromatic N) is 4. The summed E-state index contributed by atoms with van der Waals surface area (Å²) in [4.78, 5) is 6.11. The molecule has 0 bridgehead atoms. The van der Waals surface area contributed by atoms with Gasteiger partial charge < -0.3 is 20.3 Å². The Balaban J connectivity index is 2.10. The van der Waals surface area contributed by atoms with Crippen LogP contribution in [-0.4, -0.2) is 39.3 Å². The maximum Gasteiger partial charge on any atom is 0.291 e. The van der Waals surface area contributed by atoms with Gasteiger partial charge in [-0.15, -0.1) is 4.68 Å². The summed E-state index contributed by atoms with van der Waals surface area (Å²) in [6.45, 7) is 3.32. The second kappa shape index (κ2) is 5.32. The van der Waals surface area contributed by atoms with Crippen molar-refractivity contribution in [3.63, 3.8) is 0 Å². The van der Waals surface area contributed by atoms with Crippen LogP contribution in [0.5, 0.6) is 5.75 Å². The van der Waals surface area contributed by atoms with Crippen LogP contribution in [0.25, 0.3) is 21.9 Å². The van der Waals surface area contributed by atoms with E-state index in [1.165, 1.54) is 0 Å². The van der Waals surface area contributed by atoms with E-state index in [1.54, 1.807) is 4.80 Å². The molecule has 1 atom stereocenters. The minimum Gasteiger partial charge on any atom is -0.490 e. The zero-order chi connectivity index (χ0) is 16.0. The Hall–Kier alpha value is -2.45. The lowest BCUT2D eigenvalue weighted by atomic mass is 10.1. The molecule has 0 amide bonds. The average Bonchev–Trinajstić information content (AvgIpc) is 2.88. The number of hydrogen-bond acceptors (Lipinski definition) is 6. The van der Waals surface area contributed by atoms with E-state index in [4.69, 9.17) is 15.2 Å². The van der Waals surface area contributed by atoms with E-state index < -0.39 is 6.10 Å². The van der Waals surface area contributed by atoms with Crippen molar-refractivity contribution in [1.82, 2.24) is 14.9 Å². The van der Waals surface area contributed by atoms with Gasteiger partial charge in [0.05, 0.1) is 16.0 Å². The molecule has 8 heteroatoms. The molecule has 1 aliphatic rings. The lowest BCUT2D eigenvalue weighted by molar-refractivity contribution is -0.766. The molecule has 0 saturated carbocycles. The first-order valence-corrected chi connectivity index (χ1v) is 7.56. The normalized spacial score (nSPS) is 17.4. The Morgan fingerprint density at radius 2 is 2.39 bits per heavy atom. The average molecular weight is 316 g/mol. The van der Waals surface area contributed by atoms with Crippen LogP contribution in [0.4, 0.5) is 5.82 Å². The van der Waals surface area contributed by atoms with Crippen molar-refractivity contribution in [1.29, 1.82) is 0 Å². The Bertz CT molecular complexity index is 892. The maximum atomic E-state index is 10.2. The van der Waals surface area contributed by atoms with Crippen LogP contribution in [-0.2, 0) is 18.0 Å². The fourth-order valence-corrected chi connectivity index (χ4v) is 2.92. The molecule has 0 unspecified atom stereocenters. The highest BCUT2D eigenvalue weighted by atomic mass is 16.5. The van der Waals surface area contributed by atoms with Crippen LogP contribution in [0.1, 0.15) is 6.92 Å². The minimum absolute atomic E-state index is 0.206. The molecule has 4 rings (SSSR count). The van der Waals surface area contributed by atoms with Gasteiger partial charge in [0.1, 0.15) is 25.0 Å². The number of nitrogen functional groups attached to an aromatic ring is 1. The largest absolute Gasteiger partial charge is 0.490 e. The molecule has 120 valence electrons. The van der Waals surface area contributed by atoms with Crippen molar-refractivity contribution < 1.29 is 19.3 Å². The lowest BCUT2D eigenvalue weighted by Crippen LogP contribution is -2.50. The fourth-order valence-electron chi connectivity index (χ4n) is 2.92. The first-order chi connectivity index (χ1) is 11.2. The molecule has 3 N–H and O–H groups in total. The number of aromatic nitrogens is 4. The van der Waals surface area contributed by atoms with Crippen LogP contribution in [0, 0.1) is 0 Å². The molecule has 2 aromatic heterocycles. The fraction of sp³-hybridized carbons (Fsp3) is 0.400. The predicted molar refractivity (Wildman–Crippen MR) is 82.8 cm³/mol. The van der Waals surface area contributed by atoms with Crippen molar-refractivity contribution in [2.45, 2.75) is 26.3 Å². The van der Waals surface area contributed by atoms with Crippen LogP contribution >= 0.6 is 0 Å². The molecule has 0 fully saturated rings. The number of hydrogen-bond donors (Lipinski definition) is 2. The van der Waals surface area contributed by atoms with Gasteiger partial charge >= 0.3 is 0 Å². The van der Waals surface area contributed by atoms with Gasteiger partial charge in [-0.05, 0) is 23.9 Å². The molecule has 8 nitrogen and oxygen atoms in total. The van der Waals surface area contributed by atoms with Crippen LogP contribution in [0.2, 0.25) is 0 Å². The molecule has 0 radical (unpaired) electrons. The number of benzene rings is 1. The van der Waals surface area contributed by atoms with E-state index in [1.807, 2.05) is 29.8 Å². The summed E-state index contributed by atoms with van der Waals surface area (Å²) in [5.74, 6) is 1.02. The van der Waals surface area contributed by atoms with Crippen molar-refractivity contribution in [2.24, 2.45) is 0 Å². The Labute approximate surface area is 132 Å². The van der Waals surface area contributed by atoms with Gasteiger partial charge in [0.2, 0.25) is 5.52 Å². The smallest absolute Gasteiger partial charge is 0.291 e. The molecule has 0 spiro atoms. The topological polar surface area (TPSA) is 99.3 Å². The molecule has 0 aliphatic carbocycles. The van der Waals surface area contributed by atoms with Crippen LogP contribution < -0.4 is 15.2 Å². The van der Waals surface area contributed by atoms with Gasteiger partial charge in [-0.25, -0.2) is 4.98 Å². The number of rotatable bonds is 3. The van der Waals surface area contributed by atoms with E-state index in [0.717, 1.165) is 16.4 Å². The van der Waals surface area contributed by atoms with E-state index in [9.17, 15) is 5.11 Å². The van der Waals surface area contributed by atoms with E-state index in [-0.39, 0.29) is 13.3 Å². The van der Waals surface area contributed by atoms with Crippen molar-refractivity contribution in [2.75, 3.05) is 18.9 Å². The highest BCUT2D eigenvalue weighted by Gasteiger charge is 2.30. The predicted octanol–water partition coefficient (Wildman–Crippen LogP) is 0.201. The van der Waals surface area contributed by atoms with Crippen molar-refractivity contribution >= 4 is 27.8 Å². The lowest BCUT2D eigenvalue weighted by Gasteiger charge is -2.16. The van der Waals surface area contributed by atoms with Gasteiger partial charge in [0, 0.05) is 6.61 Å². The monoisotopic (exact) mass is 316 g/mol. The van der Waals surface area contributed by atoms with Crippen molar-refractivity contribution in [3.05, 3.63) is 18.2 Å². The molecule has 3 heterocycles. The van der Waals surface area contributed by atoms with E-state index in [0.29, 0.717) is 30.2 Å². The maximum absolute atomic E-state index is 10.2.